The van der Waals surface area contributed by atoms with Crippen molar-refractivity contribution in [2.75, 3.05) is 6.54 Å². The molecule has 0 aliphatic heterocycles. The molecule has 0 aliphatic rings. The van der Waals surface area contributed by atoms with E-state index in [2.05, 4.69) is 5.11 Å². The van der Waals surface area contributed by atoms with Gasteiger partial charge in [-0.2, -0.15) is 0 Å². The number of carboxylic acids is 1. The summed E-state index contributed by atoms with van der Waals surface area (Å²) in [6, 6.07) is 0. The molecule has 0 spiro atoms. The topological polar surface area (TPSA) is 63.3 Å². The van der Waals surface area contributed by atoms with Crippen molar-refractivity contribution < 1.29 is 12.7 Å². The minimum absolute atomic E-state index is 0.136. The Bertz CT molecular complexity index is 85.4. The number of aliphatic carboxylic acids is 1. The van der Waals surface area contributed by atoms with Crippen LogP contribution >= 0.6 is 0 Å². The number of carbonyl (C=O) groups is 1. The lowest BCUT2D eigenvalue weighted by Crippen LogP contribution is -2.10. The third-order valence-electron chi connectivity index (χ3n) is 0.129. The van der Waals surface area contributed by atoms with E-state index in [1.54, 1.807) is 0 Å². The highest BCUT2D eigenvalue weighted by molar-refractivity contribution is 5.68. The van der Waals surface area contributed by atoms with Gasteiger partial charge in [-0.1, -0.05) is 0 Å². The summed E-state index contributed by atoms with van der Waals surface area (Å²) in [5, 5.41) is 3.39. The fourth-order valence-electron chi connectivity index (χ4n) is 0. The Balaban J connectivity index is 3.25. The van der Waals surface area contributed by atoms with Crippen LogP contribution in [0.3, 0.4) is 0 Å². The zero-order valence-electron chi connectivity index (χ0n) is 5.47. The molecular formula is C2H5NO2. The van der Waals surface area contributed by atoms with Crippen LogP contribution in [0.2, 0.25) is 2.82 Å². The Morgan fingerprint density at radius 1 is 2.60 bits per heavy atom. The van der Waals surface area contributed by atoms with Crippen LogP contribution in [0, 0.1) is 0 Å². The Morgan fingerprint density at radius 2 is 3.40 bits per heavy atom. The minimum atomic E-state index is -0.907. The van der Waals surface area contributed by atoms with Crippen molar-refractivity contribution in [3.8, 4) is 0 Å². The van der Waals surface area contributed by atoms with Gasteiger partial charge in [-0.25, -0.2) is 0 Å². The maximum Gasteiger partial charge on any atom is 0.317 e. The second-order valence-electron chi connectivity index (χ2n) is 0.530. The summed E-state index contributed by atoms with van der Waals surface area (Å²) in [5.41, 5.74) is 0.136. The van der Waals surface area contributed by atoms with E-state index in [1.807, 2.05) is 0 Å². The molecule has 0 aromatic rings. The highest BCUT2D eigenvalue weighted by Crippen LogP contribution is 1.43. The number of nitrogens with two attached hydrogens (primary N) is 1. The van der Waals surface area contributed by atoms with Crippen LogP contribution in [0.4, 0.5) is 0 Å². The Morgan fingerprint density at radius 3 is 3.60 bits per heavy atom. The molecule has 0 amide bonds. The monoisotopic (exact) mass is 79.0 g/mol. The lowest BCUT2D eigenvalue weighted by atomic mass is 10.8. The van der Waals surface area contributed by atoms with Gasteiger partial charge in [0.2, 0.25) is 0 Å². The summed E-state index contributed by atoms with van der Waals surface area (Å²) in [6.45, 7) is -0.497. The van der Waals surface area contributed by atoms with Crippen LogP contribution in [0.5, 0.6) is 0 Å². The Kier molecular flexibility index (Phi) is 0.434. The van der Waals surface area contributed by atoms with Gasteiger partial charge in [-0.3, -0.25) is 4.79 Å². The van der Waals surface area contributed by atoms with Gasteiger partial charge in [0.15, 0.2) is 0 Å². The Hall–Kier alpha value is -0.570. The zero-order valence-corrected chi connectivity index (χ0v) is 2.47. The van der Waals surface area contributed by atoms with Gasteiger partial charge in [0.25, 0.3) is 1.43 Å². The Labute approximate surface area is 33.8 Å². The third kappa shape index (κ3) is 3.43. The van der Waals surface area contributed by atoms with E-state index in [4.69, 9.17) is 4.25 Å². The van der Waals surface area contributed by atoms with Gasteiger partial charge in [0.05, 0.1) is 6.54 Å². The standard InChI is InChI=1S/C2H5NO2/c3-1-2(4)5/h1,3H2,(H,4,5)/i3+1/hD3. The largest absolute Gasteiger partial charge is 0.480 e. The molecule has 5 heavy (non-hydrogen) atoms. The van der Waals surface area contributed by atoms with Gasteiger partial charge < -0.3 is 10.8 Å². The molecule has 0 atom stereocenters. The van der Waals surface area contributed by atoms with Gasteiger partial charge in [0, 0.05) is 0 Å². The molecule has 3 nitrogen and oxygen atoms in total. The fourth-order valence-corrected chi connectivity index (χ4v) is 0. The third-order valence-corrected chi connectivity index (χ3v) is 0.129. The quantitative estimate of drug-likeness (QED) is 0.418. The van der Waals surface area contributed by atoms with E-state index >= 15 is 0 Å². The van der Waals surface area contributed by atoms with Gasteiger partial charge >= 0.3 is 5.97 Å². The summed E-state index contributed by atoms with van der Waals surface area (Å²) < 4.78 is 18.6. The molecule has 0 aromatic heterocycles. The fraction of sp³-hybridized carbons (Fsp3) is 0.500. The molecule has 3 N–H and O–H groups in total. The van der Waals surface area contributed by atoms with Crippen molar-refractivity contribution in [2.24, 2.45) is 5.72 Å². The van der Waals surface area contributed by atoms with Crippen molar-refractivity contribution in [3.05, 3.63) is 0 Å². The molecule has 0 heterocycles. The molecule has 0 rings (SSSR count). The van der Waals surface area contributed by atoms with E-state index in [1.165, 1.54) is 0 Å². The predicted octanol–water partition coefficient (Wildman–Crippen LogP) is -0.970. The van der Waals surface area contributed by atoms with E-state index in [-0.39, 0.29) is 5.72 Å². The average Bonchev–Trinajstić information content (AvgIpc) is 1.65. The van der Waals surface area contributed by atoms with Crippen molar-refractivity contribution in [2.45, 2.75) is 0 Å². The number of hydrogen-bond donors (Lipinski definition) is 2. The molecule has 0 saturated heterocycles. The molecule has 0 bridgehead atoms. The highest BCUT2D eigenvalue weighted by atomic mass is 16.4. The summed E-state index contributed by atoms with van der Waals surface area (Å²) in [4.78, 5) is 9.93. The second-order valence-corrected chi connectivity index (χ2v) is 0.530. The molecule has 0 saturated carbocycles. The second kappa shape index (κ2) is 1.72. The van der Waals surface area contributed by atoms with E-state index in [0.717, 1.165) is 0 Å². The first kappa shape index (κ1) is 1.26. The summed E-state index contributed by atoms with van der Waals surface area (Å²) in [7, 11) is 0. The summed E-state index contributed by atoms with van der Waals surface area (Å²) in [6.07, 6.45) is 0. The SMILES string of the molecule is [2H]OC(=O)C[15N]([2H])[2H]. The molecular weight excluding hydrogens is 71.0 g/mol. The zero-order chi connectivity index (χ0) is 6.57. The van der Waals surface area contributed by atoms with E-state index in [9.17, 15) is 4.79 Å². The molecule has 0 aromatic carbocycles. The highest BCUT2D eigenvalue weighted by Gasteiger charge is 1.81. The lowest BCUT2D eigenvalue weighted by Gasteiger charge is -1.73. The van der Waals surface area contributed by atoms with Crippen LogP contribution in [0.1, 0.15) is 0 Å². The van der Waals surface area contributed by atoms with Crippen LogP contribution in [0.25, 0.3) is 1.43 Å². The minimum Gasteiger partial charge on any atom is -0.480 e. The predicted molar refractivity (Wildman–Crippen MR) is 16.7 cm³/mol. The molecule has 0 fully saturated rings. The van der Waals surface area contributed by atoms with Gasteiger partial charge in [-0.05, 0) is 0 Å². The van der Waals surface area contributed by atoms with E-state index < -0.39 is 12.5 Å². The first-order valence-electron chi connectivity index (χ1n) is 2.38. The van der Waals surface area contributed by atoms with Gasteiger partial charge in [-0.15, -0.1) is 0 Å². The molecule has 0 unspecified atom stereocenters. The van der Waals surface area contributed by atoms with Crippen molar-refractivity contribution >= 4 is 5.97 Å². The average molecular weight is 79.1 g/mol. The maximum atomic E-state index is 9.93. The molecule has 0 radical (unpaired) electrons. The smallest absolute Gasteiger partial charge is 0.317 e. The normalized spacial score (nSPS) is 15.8. The molecule has 30 valence electrons. The van der Waals surface area contributed by atoms with Crippen LogP contribution in [0.15, 0.2) is 0 Å². The maximum absolute atomic E-state index is 9.93. The van der Waals surface area contributed by atoms with Crippen LogP contribution < -0.4 is 5.72 Å². The first-order chi connectivity index (χ1) is 3.66. The molecule has 3 heteroatoms. The first-order valence-corrected chi connectivity index (χ1v) is 1.08. The number of rotatable bonds is 2. The molecule has 0 aliphatic carbocycles. The van der Waals surface area contributed by atoms with Crippen molar-refractivity contribution in [1.82, 2.24) is 0 Å². The van der Waals surface area contributed by atoms with Crippen LogP contribution in [-0.4, -0.2) is 17.6 Å². The van der Waals surface area contributed by atoms with Crippen LogP contribution in [-0.2, 0) is 4.79 Å². The summed E-state index contributed by atoms with van der Waals surface area (Å²) in [5.74, 6) is -0.907. The number of hydrogen-bond acceptors (Lipinski definition) is 3. The summed E-state index contributed by atoms with van der Waals surface area (Å²) >= 11 is 0. The van der Waals surface area contributed by atoms with Gasteiger partial charge in [0.1, 0.15) is 2.82 Å². The lowest BCUT2D eigenvalue weighted by molar-refractivity contribution is -0.135. The van der Waals surface area contributed by atoms with E-state index in [0.29, 0.717) is 0 Å². The number of carboxylic acid groups (broad SMARTS) is 1. The van der Waals surface area contributed by atoms with Crippen molar-refractivity contribution in [1.29, 1.82) is 1.43 Å². The van der Waals surface area contributed by atoms with Crippen molar-refractivity contribution in [3.63, 3.8) is 0 Å².